The summed E-state index contributed by atoms with van der Waals surface area (Å²) in [6.07, 6.45) is 5.57. The molecule has 0 saturated carbocycles. The fraction of sp³-hybridized carbons (Fsp3) is 0.929. The fourth-order valence-electron chi connectivity index (χ4n) is 3.34. The van der Waals surface area contributed by atoms with Crippen LogP contribution < -0.4 is 0 Å². The second kappa shape index (κ2) is 6.62. The Morgan fingerprint density at radius 1 is 1.05 bits per heavy atom. The van der Waals surface area contributed by atoms with Gasteiger partial charge in [0.15, 0.2) is 0 Å². The predicted octanol–water partition coefficient (Wildman–Crippen LogP) is 1.68. The van der Waals surface area contributed by atoms with Gasteiger partial charge >= 0.3 is 5.97 Å². The molecule has 1 unspecified atom stereocenters. The average Bonchev–Trinajstić information content (AvgIpc) is 2.76. The molecule has 122 valence electrons. The van der Waals surface area contributed by atoms with Crippen LogP contribution in [-0.2, 0) is 15.0 Å². The Balaban J connectivity index is 2.17. The molecule has 0 aromatic carbocycles. The first kappa shape index (κ1) is 16.7. The Kier molecular flexibility index (Phi) is 5.27. The Hall–Kier alpha value is -0.660. The molecule has 2 rings (SSSR count). The van der Waals surface area contributed by atoms with Crippen molar-refractivity contribution in [3.63, 3.8) is 0 Å². The average molecular weight is 318 g/mol. The van der Waals surface area contributed by atoms with Crippen molar-refractivity contribution in [2.75, 3.05) is 26.2 Å². The largest absolute Gasteiger partial charge is 0.481 e. The molecule has 0 aromatic rings. The summed E-state index contributed by atoms with van der Waals surface area (Å²) in [7, 11) is -3.52. The first-order valence-electron chi connectivity index (χ1n) is 7.91. The van der Waals surface area contributed by atoms with Gasteiger partial charge in [0.25, 0.3) is 10.2 Å². The molecule has 1 atom stereocenters. The molecule has 2 heterocycles. The van der Waals surface area contributed by atoms with Gasteiger partial charge in [0.05, 0.1) is 5.41 Å². The van der Waals surface area contributed by atoms with Crippen molar-refractivity contribution in [2.45, 2.75) is 51.9 Å². The molecule has 0 aromatic heterocycles. The maximum atomic E-state index is 12.8. The Morgan fingerprint density at radius 2 is 1.62 bits per heavy atom. The number of nitrogens with zero attached hydrogens (tertiary/aromatic N) is 2. The van der Waals surface area contributed by atoms with Crippen LogP contribution in [0.2, 0.25) is 0 Å². The Morgan fingerprint density at radius 3 is 2.14 bits per heavy atom. The maximum Gasteiger partial charge on any atom is 0.310 e. The van der Waals surface area contributed by atoms with E-state index in [9.17, 15) is 18.3 Å². The summed E-state index contributed by atoms with van der Waals surface area (Å²) in [4.78, 5) is 11.6. The predicted molar refractivity (Wildman–Crippen MR) is 80.1 cm³/mol. The number of carboxylic acid groups (broad SMARTS) is 1. The molecule has 0 radical (unpaired) electrons. The van der Waals surface area contributed by atoms with Crippen LogP contribution in [0, 0.1) is 5.41 Å². The summed E-state index contributed by atoms with van der Waals surface area (Å²) < 4.78 is 28.5. The molecule has 7 heteroatoms. The van der Waals surface area contributed by atoms with Gasteiger partial charge in [0.1, 0.15) is 0 Å². The lowest BCUT2D eigenvalue weighted by Gasteiger charge is -2.40. The normalized spacial score (nSPS) is 30.0. The van der Waals surface area contributed by atoms with E-state index in [4.69, 9.17) is 0 Å². The topological polar surface area (TPSA) is 77.9 Å². The number of piperidine rings is 1. The van der Waals surface area contributed by atoms with Crippen molar-refractivity contribution in [3.05, 3.63) is 0 Å². The maximum absolute atomic E-state index is 12.8. The third-order valence-corrected chi connectivity index (χ3v) is 6.87. The van der Waals surface area contributed by atoms with Gasteiger partial charge in [-0.1, -0.05) is 19.8 Å². The molecule has 2 fully saturated rings. The summed E-state index contributed by atoms with van der Waals surface area (Å²) in [5.74, 6) is -0.874. The van der Waals surface area contributed by atoms with E-state index in [1.165, 1.54) is 4.31 Å². The van der Waals surface area contributed by atoms with Crippen LogP contribution in [0.15, 0.2) is 0 Å². The van der Waals surface area contributed by atoms with E-state index in [1.807, 2.05) is 6.92 Å². The molecular formula is C14H26N2O4S. The van der Waals surface area contributed by atoms with Crippen molar-refractivity contribution in [2.24, 2.45) is 5.41 Å². The molecule has 0 bridgehead atoms. The number of carbonyl (C=O) groups is 1. The number of hydrogen-bond donors (Lipinski definition) is 1. The van der Waals surface area contributed by atoms with E-state index in [-0.39, 0.29) is 6.54 Å². The van der Waals surface area contributed by atoms with Gasteiger partial charge in [-0.3, -0.25) is 4.79 Å². The lowest BCUT2D eigenvalue weighted by Crippen LogP contribution is -2.53. The van der Waals surface area contributed by atoms with Crippen molar-refractivity contribution >= 4 is 16.2 Å². The van der Waals surface area contributed by atoms with Crippen LogP contribution in [-0.4, -0.2) is 54.3 Å². The van der Waals surface area contributed by atoms with E-state index in [0.29, 0.717) is 38.9 Å². The first-order chi connectivity index (χ1) is 9.92. The summed E-state index contributed by atoms with van der Waals surface area (Å²) in [6.45, 7) is 3.50. The SMILES string of the molecule is CCC1(C(=O)O)CCCN(S(=O)(=O)N2CCCCCC2)C1. The van der Waals surface area contributed by atoms with Crippen molar-refractivity contribution in [1.29, 1.82) is 0 Å². The summed E-state index contributed by atoms with van der Waals surface area (Å²) in [5, 5.41) is 9.49. The quantitative estimate of drug-likeness (QED) is 0.855. The van der Waals surface area contributed by atoms with E-state index in [1.54, 1.807) is 4.31 Å². The van der Waals surface area contributed by atoms with Crippen LogP contribution in [0.4, 0.5) is 0 Å². The molecule has 2 saturated heterocycles. The summed E-state index contributed by atoms with van der Waals surface area (Å²) >= 11 is 0. The van der Waals surface area contributed by atoms with E-state index in [2.05, 4.69) is 0 Å². The lowest BCUT2D eigenvalue weighted by molar-refractivity contribution is -0.151. The van der Waals surface area contributed by atoms with Crippen molar-refractivity contribution < 1.29 is 18.3 Å². The lowest BCUT2D eigenvalue weighted by atomic mass is 9.78. The second-order valence-corrected chi connectivity index (χ2v) is 8.13. The van der Waals surface area contributed by atoms with Crippen molar-refractivity contribution in [3.8, 4) is 0 Å². The zero-order valence-corrected chi connectivity index (χ0v) is 13.6. The first-order valence-corrected chi connectivity index (χ1v) is 9.31. The Labute approximate surface area is 127 Å². The standard InChI is InChI=1S/C14H26N2O4S/c1-2-14(13(17)18)8-7-11-16(12-14)21(19,20)15-9-5-3-4-6-10-15/h2-12H2,1H3,(H,17,18). The van der Waals surface area contributed by atoms with E-state index < -0.39 is 21.6 Å². The van der Waals surface area contributed by atoms with Gasteiger partial charge in [0, 0.05) is 26.2 Å². The molecule has 21 heavy (non-hydrogen) atoms. The van der Waals surface area contributed by atoms with Crippen LogP contribution in [0.1, 0.15) is 51.9 Å². The van der Waals surface area contributed by atoms with Crippen LogP contribution in [0.5, 0.6) is 0 Å². The van der Waals surface area contributed by atoms with Gasteiger partial charge in [-0.15, -0.1) is 0 Å². The van der Waals surface area contributed by atoms with Crippen molar-refractivity contribution in [1.82, 2.24) is 8.61 Å². The van der Waals surface area contributed by atoms with Crippen LogP contribution in [0.25, 0.3) is 0 Å². The summed E-state index contributed by atoms with van der Waals surface area (Å²) in [5.41, 5.74) is -0.919. The highest BCUT2D eigenvalue weighted by Crippen LogP contribution is 2.35. The molecule has 1 N–H and O–H groups in total. The highest BCUT2D eigenvalue weighted by atomic mass is 32.2. The number of rotatable bonds is 4. The molecule has 6 nitrogen and oxygen atoms in total. The highest BCUT2D eigenvalue weighted by molar-refractivity contribution is 7.86. The smallest absolute Gasteiger partial charge is 0.310 e. The highest BCUT2D eigenvalue weighted by Gasteiger charge is 2.45. The molecule has 2 aliphatic heterocycles. The third kappa shape index (κ3) is 3.40. The zero-order valence-electron chi connectivity index (χ0n) is 12.8. The molecule has 0 spiro atoms. The minimum absolute atomic E-state index is 0.109. The minimum atomic E-state index is -3.52. The van der Waals surface area contributed by atoms with Gasteiger partial charge in [-0.2, -0.15) is 17.0 Å². The number of hydrogen-bond acceptors (Lipinski definition) is 3. The van der Waals surface area contributed by atoms with E-state index in [0.717, 1.165) is 25.7 Å². The van der Waals surface area contributed by atoms with Gasteiger partial charge in [0.2, 0.25) is 0 Å². The monoisotopic (exact) mass is 318 g/mol. The summed E-state index contributed by atoms with van der Waals surface area (Å²) in [6, 6.07) is 0. The second-order valence-electron chi connectivity index (χ2n) is 6.20. The van der Waals surface area contributed by atoms with Crippen LogP contribution in [0.3, 0.4) is 0 Å². The fourth-order valence-corrected chi connectivity index (χ4v) is 5.15. The minimum Gasteiger partial charge on any atom is -0.481 e. The molecule has 2 aliphatic rings. The number of carboxylic acids is 1. The van der Waals surface area contributed by atoms with Gasteiger partial charge < -0.3 is 5.11 Å². The van der Waals surface area contributed by atoms with Gasteiger partial charge in [-0.25, -0.2) is 0 Å². The number of aliphatic carboxylic acids is 1. The van der Waals surface area contributed by atoms with Crippen LogP contribution >= 0.6 is 0 Å². The molecule has 0 amide bonds. The zero-order chi connectivity index (χ0) is 15.5. The Bertz CT molecular complexity index is 471. The molecular weight excluding hydrogens is 292 g/mol. The molecule has 0 aliphatic carbocycles. The van der Waals surface area contributed by atoms with Gasteiger partial charge in [-0.05, 0) is 32.1 Å². The third-order valence-electron chi connectivity index (χ3n) is 4.89. The van der Waals surface area contributed by atoms with E-state index >= 15 is 0 Å².